The molecule has 0 unspecified atom stereocenters. The predicted octanol–water partition coefficient (Wildman–Crippen LogP) is 5.35. The Balaban J connectivity index is 1.62. The van der Waals surface area contributed by atoms with Gasteiger partial charge in [0.15, 0.2) is 0 Å². The normalized spacial score (nSPS) is 11.1. The highest BCUT2D eigenvalue weighted by molar-refractivity contribution is 6.04. The first-order valence-corrected chi connectivity index (χ1v) is 10.3. The molecule has 0 spiro atoms. The number of hydrogen-bond donors (Lipinski definition) is 2. The lowest BCUT2D eigenvalue weighted by Crippen LogP contribution is -2.15. The van der Waals surface area contributed by atoms with Crippen LogP contribution in [0.5, 0.6) is 0 Å². The number of nitrogens with one attached hydrogen (secondary N) is 2. The van der Waals surface area contributed by atoms with Gasteiger partial charge in [-0.25, -0.2) is 4.98 Å². The van der Waals surface area contributed by atoms with Crippen LogP contribution in [-0.4, -0.2) is 27.3 Å². The fourth-order valence-electron chi connectivity index (χ4n) is 3.43. The lowest BCUT2D eigenvalue weighted by atomic mass is 9.99. The highest BCUT2D eigenvalue weighted by Crippen LogP contribution is 2.31. The van der Waals surface area contributed by atoms with Gasteiger partial charge in [0.05, 0.1) is 5.69 Å². The van der Waals surface area contributed by atoms with Crippen molar-refractivity contribution >= 4 is 23.8 Å². The van der Waals surface area contributed by atoms with Crippen LogP contribution in [0.15, 0.2) is 73.2 Å². The van der Waals surface area contributed by atoms with Crippen molar-refractivity contribution in [1.29, 1.82) is 0 Å². The first-order chi connectivity index (χ1) is 16.7. The molecule has 0 fully saturated rings. The molecule has 0 bridgehead atoms. The molecule has 7 nitrogen and oxygen atoms in total. The molecule has 4 rings (SSSR count). The quantitative estimate of drug-likeness (QED) is 0.365. The number of carbonyl (C=O) groups is 2. The minimum absolute atomic E-state index is 0.155. The monoisotopic (exact) mass is 477 g/mol. The summed E-state index contributed by atoms with van der Waals surface area (Å²) in [7, 11) is 0. The highest BCUT2D eigenvalue weighted by atomic mass is 19.4. The summed E-state index contributed by atoms with van der Waals surface area (Å²) >= 11 is 0. The third-order valence-corrected chi connectivity index (χ3v) is 5.14. The maximum Gasteiger partial charge on any atom is 0.433 e. The number of nitrogens with zero attached hydrogens (tertiary/aromatic N) is 3. The maximum atomic E-state index is 12.9. The predicted molar refractivity (Wildman–Crippen MR) is 125 cm³/mol. The number of benzene rings is 1. The summed E-state index contributed by atoms with van der Waals surface area (Å²) in [5.41, 5.74) is 3.04. The van der Waals surface area contributed by atoms with Crippen LogP contribution >= 0.6 is 0 Å². The summed E-state index contributed by atoms with van der Waals surface area (Å²) in [4.78, 5) is 35.0. The van der Waals surface area contributed by atoms with Crippen LogP contribution in [-0.2, 0) is 11.0 Å². The molecule has 0 aliphatic carbocycles. The molecule has 2 N–H and O–H groups in total. The van der Waals surface area contributed by atoms with Gasteiger partial charge < -0.3 is 10.6 Å². The molecular weight excluding hydrogens is 459 g/mol. The second kappa shape index (κ2) is 9.72. The number of amides is 2. The topological polar surface area (TPSA) is 96.9 Å². The molecule has 0 saturated carbocycles. The first kappa shape index (κ1) is 23.6. The molecule has 10 heteroatoms. The van der Waals surface area contributed by atoms with Crippen LogP contribution in [0.4, 0.5) is 24.7 Å². The lowest BCUT2D eigenvalue weighted by Gasteiger charge is -2.12. The van der Waals surface area contributed by atoms with Crippen LogP contribution in [0.1, 0.15) is 21.6 Å². The van der Waals surface area contributed by atoms with Crippen molar-refractivity contribution in [3.05, 3.63) is 90.0 Å². The number of pyridine rings is 3. The Kier molecular flexibility index (Phi) is 6.54. The Morgan fingerprint density at radius 1 is 0.886 bits per heavy atom. The van der Waals surface area contributed by atoms with E-state index in [1.807, 2.05) is 19.1 Å². The molecule has 1 aromatic carbocycles. The average molecular weight is 477 g/mol. The summed E-state index contributed by atoms with van der Waals surface area (Å²) < 4.78 is 38.8. The molecule has 0 saturated heterocycles. The van der Waals surface area contributed by atoms with E-state index in [1.165, 1.54) is 6.07 Å². The van der Waals surface area contributed by atoms with Crippen LogP contribution < -0.4 is 10.6 Å². The molecule has 0 radical (unpaired) electrons. The van der Waals surface area contributed by atoms with Crippen molar-refractivity contribution in [2.75, 3.05) is 10.6 Å². The number of carbonyl (C=O) groups excluding carboxylic acids is 2. The molecule has 0 atom stereocenters. The van der Waals surface area contributed by atoms with Crippen LogP contribution in [0.3, 0.4) is 0 Å². The Labute approximate surface area is 198 Å². The second-order valence-electron chi connectivity index (χ2n) is 7.53. The van der Waals surface area contributed by atoms with E-state index in [1.54, 1.807) is 42.7 Å². The van der Waals surface area contributed by atoms with Crippen molar-refractivity contribution < 1.29 is 22.8 Å². The summed E-state index contributed by atoms with van der Waals surface area (Å²) in [6, 6.07) is 14.3. The fraction of sp³-hybridized carbons (Fsp3) is 0.0800. The molecule has 35 heavy (non-hydrogen) atoms. The molecule has 176 valence electrons. The molecule has 0 aliphatic heterocycles. The largest absolute Gasteiger partial charge is 0.433 e. The van der Waals surface area contributed by atoms with Gasteiger partial charge >= 0.3 is 6.18 Å². The zero-order valence-corrected chi connectivity index (χ0v) is 18.3. The molecule has 3 heterocycles. The Bertz CT molecular complexity index is 1410. The fourth-order valence-corrected chi connectivity index (χ4v) is 3.43. The number of alkyl halides is 3. The van der Waals surface area contributed by atoms with E-state index < -0.39 is 17.8 Å². The molecule has 3 aromatic heterocycles. The number of rotatable bonds is 6. The summed E-state index contributed by atoms with van der Waals surface area (Å²) in [5, 5.41) is 5.14. The van der Waals surface area contributed by atoms with E-state index in [0.717, 1.165) is 28.5 Å². The lowest BCUT2D eigenvalue weighted by molar-refractivity contribution is -0.141. The van der Waals surface area contributed by atoms with E-state index in [0.29, 0.717) is 29.7 Å². The third kappa shape index (κ3) is 5.49. The van der Waals surface area contributed by atoms with Crippen molar-refractivity contribution in [1.82, 2.24) is 15.0 Å². The maximum absolute atomic E-state index is 12.9. The van der Waals surface area contributed by atoms with E-state index in [9.17, 15) is 22.8 Å². The third-order valence-electron chi connectivity index (χ3n) is 5.14. The standard InChI is InChI=1S/C25H18F3N5O2/c1-15-2-3-19(33-24(35)18-6-8-30-22(11-18)25(26,27)28)13-20(15)16-4-7-29-21(10-16)17-5-9-31-23(12-17)32-14-34/h2-14H,1H3,(H,33,35)(H,31,32,34). The van der Waals surface area contributed by atoms with E-state index in [-0.39, 0.29) is 5.56 Å². The minimum Gasteiger partial charge on any atom is -0.322 e. The number of halogens is 3. The number of aromatic nitrogens is 3. The average Bonchev–Trinajstić information content (AvgIpc) is 2.85. The number of hydrogen-bond acceptors (Lipinski definition) is 5. The van der Waals surface area contributed by atoms with Crippen molar-refractivity contribution in [3.8, 4) is 22.4 Å². The zero-order valence-electron chi connectivity index (χ0n) is 18.3. The van der Waals surface area contributed by atoms with Crippen LogP contribution in [0.25, 0.3) is 22.4 Å². The molecule has 0 aliphatic rings. The summed E-state index contributed by atoms with van der Waals surface area (Å²) in [6.45, 7) is 1.90. The van der Waals surface area contributed by atoms with Crippen LogP contribution in [0.2, 0.25) is 0 Å². The second-order valence-corrected chi connectivity index (χ2v) is 7.53. The van der Waals surface area contributed by atoms with E-state index in [2.05, 4.69) is 25.6 Å². The smallest absolute Gasteiger partial charge is 0.322 e. The van der Waals surface area contributed by atoms with Crippen LogP contribution in [0, 0.1) is 6.92 Å². The van der Waals surface area contributed by atoms with Gasteiger partial charge in [0.1, 0.15) is 11.5 Å². The van der Waals surface area contributed by atoms with Gasteiger partial charge in [-0.1, -0.05) is 6.07 Å². The summed E-state index contributed by atoms with van der Waals surface area (Å²) in [6.07, 6.45) is 0.0324. The van der Waals surface area contributed by atoms with Crippen molar-refractivity contribution in [2.24, 2.45) is 0 Å². The Morgan fingerprint density at radius 2 is 1.63 bits per heavy atom. The Hall–Kier alpha value is -4.60. The van der Waals surface area contributed by atoms with Gasteiger partial charge in [-0.15, -0.1) is 0 Å². The number of aryl methyl sites for hydroxylation is 1. The SMILES string of the molecule is Cc1ccc(NC(=O)c2ccnc(C(F)(F)F)c2)cc1-c1ccnc(-c2ccnc(NC=O)c2)c1. The molecule has 2 amide bonds. The highest BCUT2D eigenvalue weighted by Gasteiger charge is 2.33. The van der Waals surface area contributed by atoms with Crippen molar-refractivity contribution in [2.45, 2.75) is 13.1 Å². The first-order valence-electron chi connectivity index (χ1n) is 10.3. The van der Waals surface area contributed by atoms with Crippen molar-refractivity contribution in [3.63, 3.8) is 0 Å². The van der Waals surface area contributed by atoms with Gasteiger partial charge in [-0.05, 0) is 72.1 Å². The molecular formula is C25H18F3N5O2. The van der Waals surface area contributed by atoms with Gasteiger partial charge in [-0.3, -0.25) is 19.6 Å². The minimum atomic E-state index is -4.65. The van der Waals surface area contributed by atoms with Gasteiger partial charge in [0.25, 0.3) is 5.91 Å². The van der Waals surface area contributed by atoms with Gasteiger partial charge in [-0.2, -0.15) is 13.2 Å². The Morgan fingerprint density at radius 3 is 2.40 bits per heavy atom. The summed E-state index contributed by atoms with van der Waals surface area (Å²) in [5.74, 6) is -0.300. The van der Waals surface area contributed by atoms with Gasteiger partial charge in [0, 0.05) is 35.4 Å². The van der Waals surface area contributed by atoms with Gasteiger partial charge in [0.2, 0.25) is 6.41 Å². The molecule has 4 aromatic rings. The van der Waals surface area contributed by atoms with E-state index in [4.69, 9.17) is 0 Å². The zero-order chi connectivity index (χ0) is 25.0. The number of anilines is 2. The van der Waals surface area contributed by atoms with E-state index >= 15 is 0 Å².